The van der Waals surface area contributed by atoms with Crippen LogP contribution in [0.5, 0.6) is 0 Å². The second-order valence-corrected chi connectivity index (χ2v) is 6.69. The Kier molecular flexibility index (Phi) is 5.88. The van der Waals surface area contributed by atoms with E-state index in [9.17, 15) is 9.59 Å². The molecule has 1 fully saturated rings. The van der Waals surface area contributed by atoms with Crippen molar-refractivity contribution in [2.24, 2.45) is 11.8 Å². The van der Waals surface area contributed by atoms with Gasteiger partial charge >= 0.3 is 5.97 Å². The van der Waals surface area contributed by atoms with Crippen LogP contribution in [0.2, 0.25) is 5.02 Å². The lowest BCUT2D eigenvalue weighted by Gasteiger charge is -2.34. The van der Waals surface area contributed by atoms with Crippen molar-refractivity contribution in [1.29, 1.82) is 0 Å². The number of nitrogens with one attached hydrogen (secondary N) is 1. The first-order chi connectivity index (χ1) is 10.9. The molecular weight excluding hydrogens is 316 g/mol. The molecule has 0 bridgehead atoms. The van der Waals surface area contributed by atoms with Gasteiger partial charge in [0.2, 0.25) is 0 Å². The summed E-state index contributed by atoms with van der Waals surface area (Å²) in [4.78, 5) is 24.0. The van der Waals surface area contributed by atoms with Crippen LogP contribution < -0.4 is 11.1 Å². The van der Waals surface area contributed by atoms with Crippen LogP contribution in [0.3, 0.4) is 0 Å². The second kappa shape index (κ2) is 7.68. The van der Waals surface area contributed by atoms with Gasteiger partial charge in [-0.05, 0) is 36.5 Å². The van der Waals surface area contributed by atoms with Gasteiger partial charge in [-0.3, -0.25) is 4.79 Å². The maximum absolute atomic E-state index is 12.0. The number of ether oxygens (including phenoxy) is 1. The zero-order valence-electron chi connectivity index (χ0n) is 13.5. The van der Waals surface area contributed by atoms with Crippen LogP contribution in [0.25, 0.3) is 0 Å². The highest BCUT2D eigenvalue weighted by atomic mass is 35.5. The van der Waals surface area contributed by atoms with Crippen molar-refractivity contribution in [2.75, 3.05) is 12.3 Å². The molecule has 0 unspecified atom stereocenters. The molecule has 1 aromatic rings. The Labute approximate surface area is 141 Å². The minimum absolute atomic E-state index is 0.140. The maximum Gasteiger partial charge on any atom is 0.340 e. The molecule has 0 aliphatic heterocycles. The van der Waals surface area contributed by atoms with Crippen molar-refractivity contribution in [2.45, 2.75) is 39.2 Å². The summed E-state index contributed by atoms with van der Waals surface area (Å²) >= 11 is 5.84. The number of benzene rings is 1. The number of esters is 1. The van der Waals surface area contributed by atoms with Gasteiger partial charge < -0.3 is 15.8 Å². The standard InChI is InChI=1S/C17H23ClN2O3/c1-10-4-3-5-15(11(10)2)20-16(21)9-23-17(22)13-8-12(18)6-7-14(13)19/h6-8,10-11,15H,3-5,9,19H2,1-2H3,(H,20,21)/t10-,11-,15-/m1/s1. The van der Waals surface area contributed by atoms with E-state index in [4.69, 9.17) is 22.1 Å². The molecule has 0 radical (unpaired) electrons. The van der Waals surface area contributed by atoms with Gasteiger partial charge in [-0.1, -0.05) is 38.3 Å². The van der Waals surface area contributed by atoms with E-state index < -0.39 is 5.97 Å². The average molecular weight is 339 g/mol. The third-order valence-electron chi connectivity index (χ3n) is 4.62. The molecule has 3 atom stereocenters. The second-order valence-electron chi connectivity index (χ2n) is 6.25. The van der Waals surface area contributed by atoms with Crippen molar-refractivity contribution in [3.8, 4) is 0 Å². The third kappa shape index (κ3) is 4.61. The highest BCUT2D eigenvalue weighted by Gasteiger charge is 2.28. The van der Waals surface area contributed by atoms with Gasteiger partial charge in [0.05, 0.1) is 5.56 Å². The normalized spacial score (nSPS) is 24.0. The molecule has 23 heavy (non-hydrogen) atoms. The number of hydrogen-bond acceptors (Lipinski definition) is 4. The summed E-state index contributed by atoms with van der Waals surface area (Å²) in [7, 11) is 0. The molecule has 126 valence electrons. The van der Waals surface area contributed by atoms with E-state index in [-0.39, 0.29) is 29.8 Å². The summed E-state index contributed by atoms with van der Waals surface area (Å²) in [5.74, 6) is 0.0740. The van der Waals surface area contributed by atoms with Crippen molar-refractivity contribution < 1.29 is 14.3 Å². The zero-order chi connectivity index (χ0) is 17.0. The van der Waals surface area contributed by atoms with Gasteiger partial charge in [-0.2, -0.15) is 0 Å². The lowest BCUT2D eigenvalue weighted by molar-refractivity contribution is -0.125. The summed E-state index contributed by atoms with van der Waals surface area (Å²) in [5.41, 5.74) is 6.16. The smallest absolute Gasteiger partial charge is 0.340 e. The number of anilines is 1. The molecule has 0 saturated heterocycles. The van der Waals surface area contributed by atoms with Gasteiger partial charge in [-0.25, -0.2) is 4.79 Å². The molecule has 1 saturated carbocycles. The van der Waals surface area contributed by atoms with E-state index >= 15 is 0 Å². The van der Waals surface area contributed by atoms with E-state index in [1.807, 2.05) is 0 Å². The molecule has 1 amide bonds. The predicted octanol–water partition coefficient (Wildman–Crippen LogP) is 3.02. The topological polar surface area (TPSA) is 81.4 Å². The number of hydrogen-bond donors (Lipinski definition) is 2. The molecule has 5 nitrogen and oxygen atoms in total. The van der Waals surface area contributed by atoms with Crippen LogP contribution in [0.15, 0.2) is 18.2 Å². The zero-order valence-corrected chi connectivity index (χ0v) is 14.2. The van der Waals surface area contributed by atoms with E-state index in [1.165, 1.54) is 18.6 Å². The average Bonchev–Trinajstić information content (AvgIpc) is 2.52. The van der Waals surface area contributed by atoms with Crippen LogP contribution in [-0.2, 0) is 9.53 Å². The summed E-state index contributed by atoms with van der Waals surface area (Å²) in [5, 5.41) is 3.35. The molecule has 0 spiro atoms. The van der Waals surface area contributed by atoms with Crippen LogP contribution in [0, 0.1) is 11.8 Å². The summed E-state index contributed by atoms with van der Waals surface area (Å²) < 4.78 is 5.04. The van der Waals surface area contributed by atoms with Crippen LogP contribution in [-0.4, -0.2) is 24.5 Å². The van der Waals surface area contributed by atoms with Crippen molar-refractivity contribution in [3.05, 3.63) is 28.8 Å². The monoisotopic (exact) mass is 338 g/mol. The van der Waals surface area contributed by atoms with Crippen LogP contribution in [0.1, 0.15) is 43.5 Å². The molecule has 1 aliphatic carbocycles. The minimum Gasteiger partial charge on any atom is -0.452 e. The lowest BCUT2D eigenvalue weighted by Crippen LogP contribution is -2.45. The molecule has 1 aliphatic rings. The van der Waals surface area contributed by atoms with Crippen molar-refractivity contribution in [3.63, 3.8) is 0 Å². The summed E-state index contributed by atoms with van der Waals surface area (Å²) in [6, 6.07) is 4.69. The van der Waals surface area contributed by atoms with Gasteiger partial charge in [0, 0.05) is 16.8 Å². The largest absolute Gasteiger partial charge is 0.452 e. The molecule has 0 aromatic heterocycles. The lowest BCUT2D eigenvalue weighted by atomic mass is 9.78. The number of rotatable bonds is 4. The predicted molar refractivity (Wildman–Crippen MR) is 90.3 cm³/mol. The van der Waals surface area contributed by atoms with Gasteiger partial charge in [0.25, 0.3) is 5.91 Å². The molecule has 0 heterocycles. The SMILES string of the molecule is C[C@@H]1[C@H](C)CCC[C@H]1NC(=O)COC(=O)c1cc(Cl)ccc1N. The fraction of sp³-hybridized carbons (Fsp3) is 0.529. The number of nitrogens with two attached hydrogens (primary N) is 1. The first-order valence-electron chi connectivity index (χ1n) is 7.90. The van der Waals surface area contributed by atoms with E-state index in [1.54, 1.807) is 6.07 Å². The first-order valence-corrected chi connectivity index (χ1v) is 8.27. The Morgan fingerprint density at radius 2 is 2.09 bits per heavy atom. The van der Waals surface area contributed by atoms with E-state index in [0.29, 0.717) is 16.9 Å². The Morgan fingerprint density at radius 1 is 1.35 bits per heavy atom. The Bertz CT molecular complexity index is 591. The van der Waals surface area contributed by atoms with Gasteiger partial charge in [-0.15, -0.1) is 0 Å². The molecule has 2 rings (SSSR count). The van der Waals surface area contributed by atoms with Gasteiger partial charge in [0.15, 0.2) is 6.61 Å². The fourth-order valence-corrected chi connectivity index (χ4v) is 3.12. The molecule has 6 heteroatoms. The van der Waals surface area contributed by atoms with Crippen molar-refractivity contribution in [1.82, 2.24) is 5.32 Å². The van der Waals surface area contributed by atoms with Crippen LogP contribution >= 0.6 is 11.6 Å². The number of amides is 1. The Balaban J connectivity index is 1.86. The Hall–Kier alpha value is -1.75. The third-order valence-corrected chi connectivity index (χ3v) is 4.86. The number of nitrogen functional groups attached to an aromatic ring is 1. The minimum atomic E-state index is -0.648. The summed E-state index contributed by atoms with van der Waals surface area (Å²) in [6.45, 7) is 4.03. The quantitative estimate of drug-likeness (QED) is 0.653. The van der Waals surface area contributed by atoms with Crippen molar-refractivity contribution >= 4 is 29.2 Å². The highest BCUT2D eigenvalue weighted by Crippen LogP contribution is 2.29. The first kappa shape index (κ1) is 17.6. The highest BCUT2D eigenvalue weighted by molar-refractivity contribution is 6.31. The van der Waals surface area contributed by atoms with Gasteiger partial charge in [0.1, 0.15) is 0 Å². The molecule has 1 aromatic carbocycles. The van der Waals surface area contributed by atoms with E-state index in [0.717, 1.165) is 12.8 Å². The summed E-state index contributed by atoms with van der Waals surface area (Å²) in [6.07, 6.45) is 3.26. The number of carbonyl (C=O) groups is 2. The molecule has 3 N–H and O–H groups in total. The maximum atomic E-state index is 12.0. The number of halogens is 1. The van der Waals surface area contributed by atoms with E-state index in [2.05, 4.69) is 19.2 Å². The molecular formula is C17H23ClN2O3. The number of carbonyl (C=O) groups excluding carboxylic acids is 2. The fourth-order valence-electron chi connectivity index (χ4n) is 2.95. The van der Waals surface area contributed by atoms with Crippen LogP contribution in [0.4, 0.5) is 5.69 Å². The Morgan fingerprint density at radius 3 is 2.83 bits per heavy atom.